The van der Waals surface area contributed by atoms with E-state index in [4.69, 9.17) is 0 Å². The fraction of sp³-hybridized carbons (Fsp3) is 0.500. The van der Waals surface area contributed by atoms with Crippen molar-refractivity contribution in [3.05, 3.63) is 41.0 Å². The summed E-state index contributed by atoms with van der Waals surface area (Å²) in [6.07, 6.45) is 2.84. The molecule has 144 valence electrons. The van der Waals surface area contributed by atoms with Gasteiger partial charge in [0.25, 0.3) is 10.0 Å². The minimum atomic E-state index is -3.70. The Morgan fingerprint density at radius 3 is 2.41 bits per heavy atom. The maximum atomic E-state index is 12.7. The Kier molecular flexibility index (Phi) is 4.58. The molecule has 0 unspecified atom stereocenters. The van der Waals surface area contributed by atoms with Crippen molar-refractivity contribution in [3.8, 4) is 0 Å². The lowest BCUT2D eigenvalue weighted by Gasteiger charge is -2.23. The van der Waals surface area contributed by atoms with Gasteiger partial charge in [-0.15, -0.1) is 4.40 Å². The van der Waals surface area contributed by atoms with Crippen molar-refractivity contribution in [2.75, 3.05) is 26.2 Å². The second kappa shape index (κ2) is 6.78. The van der Waals surface area contributed by atoms with Crippen LogP contribution in [0.25, 0.3) is 4.91 Å². The Labute approximate surface area is 160 Å². The normalized spacial score (nSPS) is 22.7. The molecule has 27 heavy (non-hydrogen) atoms. The number of aryl methyl sites for hydroxylation is 1. The third-order valence-electron chi connectivity index (χ3n) is 5.49. The summed E-state index contributed by atoms with van der Waals surface area (Å²) in [7, 11) is -3.70. The van der Waals surface area contributed by atoms with Gasteiger partial charge in [-0.2, -0.15) is 8.42 Å². The smallest absolute Gasteiger partial charge is 0.285 e. The van der Waals surface area contributed by atoms with Crippen LogP contribution in [0.4, 0.5) is 0 Å². The zero-order chi connectivity index (χ0) is 19.2. The van der Waals surface area contributed by atoms with E-state index in [2.05, 4.69) is 4.40 Å². The molecule has 6 nitrogen and oxygen atoms in total. The van der Waals surface area contributed by atoms with Gasteiger partial charge in [0.1, 0.15) is 10.7 Å². The van der Waals surface area contributed by atoms with Crippen molar-refractivity contribution in [3.63, 3.8) is 0 Å². The third-order valence-corrected chi connectivity index (χ3v) is 6.96. The molecule has 2 aliphatic heterocycles. The summed E-state index contributed by atoms with van der Waals surface area (Å²) in [5, 5.41) is 0. The standard InChI is InChI=1S/C20H25N3O3S/c1-14-4-6-16(7-5-14)18-15(2)19(21-27(18,25)26)22-10-3-11-23(13-12-22)20(24)17-8-9-17/h4-7,17H,3,8-13H2,1-2H3. The molecule has 1 amide bonds. The Morgan fingerprint density at radius 2 is 1.74 bits per heavy atom. The highest BCUT2D eigenvalue weighted by Crippen LogP contribution is 2.34. The SMILES string of the molecule is CC1=C(c2ccc(C)cc2)S(=O)(=O)N=C1N1CCCN(C(=O)C2CC2)CC1. The molecule has 1 aliphatic carbocycles. The van der Waals surface area contributed by atoms with Crippen LogP contribution < -0.4 is 0 Å². The predicted octanol–water partition coefficient (Wildman–Crippen LogP) is 2.41. The van der Waals surface area contributed by atoms with Gasteiger partial charge >= 0.3 is 0 Å². The lowest BCUT2D eigenvalue weighted by molar-refractivity contribution is -0.132. The summed E-state index contributed by atoms with van der Waals surface area (Å²) in [5.41, 5.74) is 2.46. The Hall–Kier alpha value is -2.15. The van der Waals surface area contributed by atoms with E-state index in [-0.39, 0.29) is 11.8 Å². The van der Waals surface area contributed by atoms with Crippen molar-refractivity contribution in [2.45, 2.75) is 33.1 Å². The van der Waals surface area contributed by atoms with E-state index in [1.165, 1.54) is 0 Å². The molecule has 4 rings (SSSR count). The average Bonchev–Trinajstić information content (AvgIpc) is 3.45. The highest BCUT2D eigenvalue weighted by Gasteiger charge is 2.36. The second-order valence-electron chi connectivity index (χ2n) is 7.65. The van der Waals surface area contributed by atoms with Crippen LogP contribution in [-0.4, -0.2) is 56.1 Å². The van der Waals surface area contributed by atoms with Crippen molar-refractivity contribution in [1.82, 2.24) is 9.80 Å². The third kappa shape index (κ3) is 3.52. The molecule has 3 aliphatic rings. The van der Waals surface area contributed by atoms with E-state index < -0.39 is 10.0 Å². The van der Waals surface area contributed by atoms with E-state index in [0.717, 1.165) is 31.4 Å². The van der Waals surface area contributed by atoms with Crippen molar-refractivity contribution in [2.24, 2.45) is 10.3 Å². The van der Waals surface area contributed by atoms with Gasteiger partial charge in [-0.05, 0) is 38.7 Å². The van der Waals surface area contributed by atoms with E-state index in [1.54, 1.807) is 0 Å². The molecule has 2 heterocycles. The second-order valence-corrected chi connectivity index (χ2v) is 9.19. The van der Waals surface area contributed by atoms with Gasteiger partial charge in [0, 0.05) is 37.7 Å². The first-order chi connectivity index (χ1) is 12.9. The van der Waals surface area contributed by atoms with Gasteiger partial charge in [-0.3, -0.25) is 4.79 Å². The van der Waals surface area contributed by atoms with Crippen molar-refractivity contribution in [1.29, 1.82) is 0 Å². The molecular weight excluding hydrogens is 362 g/mol. The molecule has 0 radical (unpaired) electrons. The molecule has 7 heteroatoms. The number of rotatable bonds is 2. The van der Waals surface area contributed by atoms with Gasteiger partial charge in [-0.25, -0.2) is 0 Å². The minimum Gasteiger partial charge on any atom is -0.354 e. The zero-order valence-electron chi connectivity index (χ0n) is 15.8. The summed E-state index contributed by atoms with van der Waals surface area (Å²) >= 11 is 0. The number of hydrogen-bond donors (Lipinski definition) is 0. The van der Waals surface area contributed by atoms with E-state index >= 15 is 0 Å². The molecular formula is C20H25N3O3S. The van der Waals surface area contributed by atoms with E-state index in [9.17, 15) is 13.2 Å². The van der Waals surface area contributed by atoms with E-state index in [0.29, 0.717) is 41.5 Å². The fourth-order valence-corrected chi connectivity index (χ4v) is 5.31. The lowest BCUT2D eigenvalue weighted by atomic mass is 10.1. The summed E-state index contributed by atoms with van der Waals surface area (Å²) in [6, 6.07) is 7.50. The average molecular weight is 388 g/mol. The molecule has 1 saturated heterocycles. The first-order valence-corrected chi connectivity index (χ1v) is 11.0. The van der Waals surface area contributed by atoms with Gasteiger partial charge in [0.15, 0.2) is 0 Å². The van der Waals surface area contributed by atoms with Crippen LogP contribution in [0.2, 0.25) is 0 Å². The van der Waals surface area contributed by atoms with Crippen LogP contribution in [0.1, 0.15) is 37.3 Å². The van der Waals surface area contributed by atoms with Crippen molar-refractivity contribution < 1.29 is 13.2 Å². The first-order valence-electron chi connectivity index (χ1n) is 9.54. The van der Waals surface area contributed by atoms with Gasteiger partial charge in [0.05, 0.1) is 0 Å². The number of nitrogens with zero attached hydrogens (tertiary/aromatic N) is 3. The van der Waals surface area contributed by atoms with Crippen LogP contribution in [-0.2, 0) is 14.8 Å². The largest absolute Gasteiger partial charge is 0.354 e. The summed E-state index contributed by atoms with van der Waals surface area (Å²) in [5.74, 6) is 1.01. The number of benzene rings is 1. The lowest BCUT2D eigenvalue weighted by Crippen LogP contribution is -2.38. The minimum absolute atomic E-state index is 0.218. The fourth-order valence-electron chi connectivity index (χ4n) is 3.83. The van der Waals surface area contributed by atoms with E-state index in [1.807, 2.05) is 47.9 Å². The molecule has 0 aromatic heterocycles. The highest BCUT2D eigenvalue weighted by molar-refractivity contribution is 8.00. The number of carbonyl (C=O) groups is 1. The molecule has 2 fully saturated rings. The zero-order valence-corrected chi connectivity index (χ0v) is 16.6. The molecule has 0 spiro atoms. The molecule has 1 saturated carbocycles. The maximum Gasteiger partial charge on any atom is 0.285 e. The van der Waals surface area contributed by atoms with Gasteiger partial charge in [-0.1, -0.05) is 29.8 Å². The molecule has 0 atom stereocenters. The maximum absolute atomic E-state index is 12.7. The number of amides is 1. The molecule has 1 aromatic carbocycles. The van der Waals surface area contributed by atoms with Crippen LogP contribution >= 0.6 is 0 Å². The quantitative estimate of drug-likeness (QED) is 0.781. The number of sulfonamides is 1. The number of hydrogen-bond acceptors (Lipinski definition) is 4. The first kappa shape index (κ1) is 18.2. The summed E-state index contributed by atoms with van der Waals surface area (Å²) in [6.45, 7) is 6.49. The number of amidine groups is 1. The molecule has 0 bridgehead atoms. The van der Waals surface area contributed by atoms with Crippen LogP contribution in [0.3, 0.4) is 0 Å². The Bertz CT molecular complexity index is 928. The summed E-state index contributed by atoms with van der Waals surface area (Å²) < 4.78 is 29.6. The van der Waals surface area contributed by atoms with Crippen molar-refractivity contribution >= 4 is 26.7 Å². The van der Waals surface area contributed by atoms with Gasteiger partial charge < -0.3 is 9.80 Å². The monoisotopic (exact) mass is 387 g/mol. The van der Waals surface area contributed by atoms with Crippen LogP contribution in [0, 0.1) is 12.8 Å². The Morgan fingerprint density at radius 1 is 1.04 bits per heavy atom. The topological polar surface area (TPSA) is 70.1 Å². The van der Waals surface area contributed by atoms with Gasteiger partial charge in [0.2, 0.25) is 5.91 Å². The summed E-state index contributed by atoms with van der Waals surface area (Å²) in [4.78, 5) is 16.6. The molecule has 1 aromatic rings. The highest BCUT2D eigenvalue weighted by atomic mass is 32.2. The van der Waals surface area contributed by atoms with Crippen LogP contribution in [0.15, 0.2) is 34.2 Å². The Balaban J connectivity index is 1.58. The van der Waals surface area contributed by atoms with Crippen LogP contribution in [0.5, 0.6) is 0 Å². The predicted molar refractivity (Wildman–Crippen MR) is 106 cm³/mol. The molecule has 0 N–H and O–H groups in total. The number of carbonyl (C=O) groups excluding carboxylic acids is 1.